The van der Waals surface area contributed by atoms with E-state index in [0.29, 0.717) is 13.2 Å². The van der Waals surface area contributed by atoms with E-state index in [4.69, 9.17) is 14.6 Å². The van der Waals surface area contributed by atoms with Crippen LogP contribution >= 0.6 is 0 Å². The summed E-state index contributed by atoms with van der Waals surface area (Å²) in [6.45, 7) is 1.18. The Balaban J connectivity index is 2.71. The Labute approximate surface area is 102 Å². The number of nitrogens with one attached hydrogen (secondary N) is 1. The molecule has 0 aromatic carbocycles. The van der Waals surface area contributed by atoms with Crippen LogP contribution in [-0.2, 0) is 16.0 Å². The lowest BCUT2D eigenvalue weighted by molar-refractivity contribution is 0.0654. The van der Waals surface area contributed by atoms with E-state index in [-0.39, 0.29) is 13.2 Å². The monoisotopic (exact) mass is 258 g/mol. The van der Waals surface area contributed by atoms with Crippen LogP contribution in [0.2, 0.25) is 0 Å². The van der Waals surface area contributed by atoms with E-state index in [0.717, 1.165) is 10.8 Å². The third-order valence-electron chi connectivity index (χ3n) is 2.15. The van der Waals surface area contributed by atoms with Crippen LogP contribution in [-0.4, -0.2) is 47.6 Å². The minimum Gasteiger partial charge on any atom is -0.477 e. The first-order valence-corrected chi connectivity index (χ1v) is 5.20. The van der Waals surface area contributed by atoms with Crippen molar-refractivity contribution in [2.45, 2.75) is 6.54 Å². The number of rotatable bonds is 7. The summed E-state index contributed by atoms with van der Waals surface area (Å²) in [6, 6.07) is 0. The van der Waals surface area contributed by atoms with Gasteiger partial charge >= 0.3 is 11.7 Å². The van der Waals surface area contributed by atoms with Crippen molar-refractivity contribution in [2.24, 2.45) is 0 Å². The number of aromatic carboxylic acids is 1. The molecule has 100 valence electrons. The standard InChI is InChI=1S/C10H14N2O6/c1-17-4-5-18-3-2-12-6-7(9(14)15)8(13)11-10(12)16/h6H,2-5H2,1H3,(H,14,15)(H,11,13,16). The Hall–Kier alpha value is -1.93. The first kappa shape index (κ1) is 14.1. The highest BCUT2D eigenvalue weighted by atomic mass is 16.5. The van der Waals surface area contributed by atoms with Crippen molar-refractivity contribution in [1.82, 2.24) is 9.55 Å². The van der Waals surface area contributed by atoms with Gasteiger partial charge in [0.2, 0.25) is 0 Å². The van der Waals surface area contributed by atoms with Gasteiger partial charge in [0.25, 0.3) is 5.56 Å². The van der Waals surface area contributed by atoms with Gasteiger partial charge < -0.3 is 14.6 Å². The fourth-order valence-corrected chi connectivity index (χ4v) is 1.24. The predicted octanol–water partition coefficient (Wildman–Crippen LogP) is -1.10. The predicted molar refractivity (Wildman–Crippen MR) is 61.0 cm³/mol. The van der Waals surface area contributed by atoms with Gasteiger partial charge in [0.05, 0.1) is 26.4 Å². The molecule has 0 spiro atoms. The summed E-state index contributed by atoms with van der Waals surface area (Å²) in [5.41, 5.74) is -2.06. The smallest absolute Gasteiger partial charge is 0.342 e. The minimum atomic E-state index is -1.38. The maximum absolute atomic E-state index is 11.4. The molecule has 8 nitrogen and oxygen atoms in total. The largest absolute Gasteiger partial charge is 0.477 e. The second kappa shape index (κ2) is 6.72. The number of H-pyrrole nitrogens is 1. The first-order chi connectivity index (χ1) is 8.56. The molecule has 0 aliphatic carbocycles. The van der Waals surface area contributed by atoms with E-state index >= 15 is 0 Å². The molecule has 1 aromatic rings. The SMILES string of the molecule is COCCOCCn1cc(C(=O)O)c(=O)[nH]c1=O. The van der Waals surface area contributed by atoms with E-state index in [1.165, 1.54) is 7.11 Å². The van der Waals surface area contributed by atoms with E-state index < -0.39 is 22.8 Å². The van der Waals surface area contributed by atoms with Crippen molar-refractivity contribution in [3.05, 3.63) is 32.6 Å². The number of carboxylic acid groups (broad SMARTS) is 1. The summed E-state index contributed by atoms with van der Waals surface area (Å²) in [4.78, 5) is 35.2. The molecule has 1 heterocycles. The van der Waals surface area contributed by atoms with Crippen molar-refractivity contribution in [3.63, 3.8) is 0 Å². The van der Waals surface area contributed by atoms with Crippen LogP contribution in [0.25, 0.3) is 0 Å². The van der Waals surface area contributed by atoms with Crippen LogP contribution in [0.1, 0.15) is 10.4 Å². The molecular formula is C10H14N2O6. The van der Waals surface area contributed by atoms with Gasteiger partial charge in [-0.2, -0.15) is 0 Å². The van der Waals surface area contributed by atoms with Crippen LogP contribution < -0.4 is 11.2 Å². The average molecular weight is 258 g/mol. The molecule has 0 aliphatic heterocycles. The van der Waals surface area contributed by atoms with Crippen LogP contribution in [0, 0.1) is 0 Å². The fourth-order valence-electron chi connectivity index (χ4n) is 1.24. The number of methoxy groups -OCH3 is 1. The molecule has 1 aromatic heterocycles. The van der Waals surface area contributed by atoms with Gasteiger partial charge in [-0.3, -0.25) is 14.3 Å². The summed E-state index contributed by atoms with van der Waals surface area (Å²) in [5, 5.41) is 8.74. The molecule has 0 aliphatic rings. The number of carbonyl (C=O) groups is 1. The number of aromatic amines is 1. The molecule has 1 rings (SSSR count). The Kier molecular flexibility index (Phi) is 5.28. The van der Waals surface area contributed by atoms with Gasteiger partial charge in [-0.05, 0) is 0 Å². The second-order valence-corrected chi connectivity index (χ2v) is 3.41. The van der Waals surface area contributed by atoms with Gasteiger partial charge in [0, 0.05) is 13.3 Å². The van der Waals surface area contributed by atoms with Crippen molar-refractivity contribution >= 4 is 5.97 Å². The zero-order valence-corrected chi connectivity index (χ0v) is 9.84. The summed E-state index contributed by atoms with van der Waals surface area (Å²) in [5.74, 6) is -1.38. The summed E-state index contributed by atoms with van der Waals surface area (Å²) in [7, 11) is 1.54. The molecule has 0 fully saturated rings. The first-order valence-electron chi connectivity index (χ1n) is 5.20. The third-order valence-corrected chi connectivity index (χ3v) is 2.15. The summed E-state index contributed by atoms with van der Waals surface area (Å²) >= 11 is 0. The second-order valence-electron chi connectivity index (χ2n) is 3.41. The maximum Gasteiger partial charge on any atom is 0.342 e. The lowest BCUT2D eigenvalue weighted by Gasteiger charge is -2.06. The number of hydrogen-bond donors (Lipinski definition) is 2. The molecule has 0 bridgehead atoms. The average Bonchev–Trinajstić information content (AvgIpc) is 2.30. The van der Waals surface area contributed by atoms with Crippen LogP contribution in [0.4, 0.5) is 0 Å². The van der Waals surface area contributed by atoms with Crippen LogP contribution in [0.15, 0.2) is 15.8 Å². The maximum atomic E-state index is 11.4. The summed E-state index contributed by atoms with van der Waals surface area (Å²) < 4.78 is 11.0. The fraction of sp³-hybridized carbons (Fsp3) is 0.500. The molecule has 0 saturated carbocycles. The summed E-state index contributed by atoms with van der Waals surface area (Å²) in [6.07, 6.45) is 1.00. The van der Waals surface area contributed by atoms with E-state index in [2.05, 4.69) is 0 Å². The zero-order chi connectivity index (χ0) is 13.5. The topological polar surface area (TPSA) is 111 Å². The molecule has 2 N–H and O–H groups in total. The van der Waals surface area contributed by atoms with E-state index in [9.17, 15) is 14.4 Å². The van der Waals surface area contributed by atoms with E-state index in [1.807, 2.05) is 4.98 Å². The molecular weight excluding hydrogens is 244 g/mol. The zero-order valence-electron chi connectivity index (χ0n) is 9.84. The van der Waals surface area contributed by atoms with Gasteiger partial charge in [-0.15, -0.1) is 0 Å². The lowest BCUT2D eigenvalue weighted by Crippen LogP contribution is -2.34. The van der Waals surface area contributed by atoms with Crippen LogP contribution in [0.5, 0.6) is 0 Å². The Morgan fingerprint density at radius 1 is 1.39 bits per heavy atom. The molecule has 0 radical (unpaired) electrons. The molecule has 0 amide bonds. The van der Waals surface area contributed by atoms with Gasteiger partial charge in [-0.25, -0.2) is 9.59 Å². The van der Waals surface area contributed by atoms with Crippen molar-refractivity contribution in [3.8, 4) is 0 Å². The third kappa shape index (κ3) is 3.82. The highest BCUT2D eigenvalue weighted by Crippen LogP contribution is 1.89. The van der Waals surface area contributed by atoms with Gasteiger partial charge in [-0.1, -0.05) is 0 Å². The van der Waals surface area contributed by atoms with Crippen LogP contribution in [0.3, 0.4) is 0 Å². The van der Waals surface area contributed by atoms with Gasteiger partial charge in [0.1, 0.15) is 5.56 Å². The van der Waals surface area contributed by atoms with E-state index in [1.54, 1.807) is 0 Å². The van der Waals surface area contributed by atoms with Crippen molar-refractivity contribution in [1.29, 1.82) is 0 Å². The quantitative estimate of drug-likeness (QED) is 0.600. The Morgan fingerprint density at radius 2 is 2.11 bits per heavy atom. The number of aromatic nitrogens is 2. The minimum absolute atomic E-state index is 0.152. The van der Waals surface area contributed by atoms with Crippen molar-refractivity contribution in [2.75, 3.05) is 26.9 Å². The Bertz CT molecular complexity index is 518. The molecule has 0 atom stereocenters. The van der Waals surface area contributed by atoms with Gasteiger partial charge in [0.15, 0.2) is 0 Å². The number of hydrogen-bond acceptors (Lipinski definition) is 5. The molecule has 8 heteroatoms. The molecule has 0 unspecified atom stereocenters. The highest BCUT2D eigenvalue weighted by molar-refractivity contribution is 5.86. The highest BCUT2D eigenvalue weighted by Gasteiger charge is 2.11. The molecule has 18 heavy (non-hydrogen) atoms. The number of nitrogens with zero attached hydrogens (tertiary/aromatic N) is 1. The van der Waals surface area contributed by atoms with Crippen molar-refractivity contribution < 1.29 is 19.4 Å². The normalized spacial score (nSPS) is 10.5. The lowest BCUT2D eigenvalue weighted by atomic mass is 10.3. The Morgan fingerprint density at radius 3 is 2.72 bits per heavy atom. The number of ether oxygens (including phenoxy) is 2. The molecule has 0 saturated heterocycles. The number of carboxylic acids is 1.